The molecule has 9 heteroatoms. The maximum atomic E-state index is 11.3. The monoisotopic (exact) mass is 334 g/mol. The van der Waals surface area contributed by atoms with Gasteiger partial charge in [0.05, 0.1) is 0 Å². The first kappa shape index (κ1) is 14.8. The quantitative estimate of drug-likeness (QED) is 0.523. The Kier molecular flexibility index (Phi) is 5.03. The van der Waals surface area contributed by atoms with Crippen LogP contribution in [0, 0.1) is 0 Å². The van der Waals surface area contributed by atoms with Gasteiger partial charge in [0.25, 0.3) is 0 Å². The zero-order valence-corrected chi connectivity index (χ0v) is 11.8. The molecule has 0 aliphatic heterocycles. The fraction of sp³-hybridized carbons (Fsp3) is 0.111. The average molecular weight is 334 g/mol. The molecule has 1 aromatic carbocycles. The molecule has 0 fully saturated rings. The summed E-state index contributed by atoms with van der Waals surface area (Å²) in [6.45, 7) is 0. The van der Waals surface area contributed by atoms with E-state index >= 15 is 0 Å². The summed E-state index contributed by atoms with van der Waals surface area (Å²) in [5.74, 6) is -0.535. The summed E-state index contributed by atoms with van der Waals surface area (Å²) >= 11 is -4.21. The molecule has 0 saturated heterocycles. The van der Waals surface area contributed by atoms with E-state index in [2.05, 4.69) is 5.32 Å². The number of primary amides is 1. The molecule has 18 heavy (non-hydrogen) atoms. The first-order valence-corrected chi connectivity index (χ1v) is 9.04. The van der Waals surface area contributed by atoms with Crippen molar-refractivity contribution >= 4 is 47.1 Å². The van der Waals surface area contributed by atoms with Crippen LogP contribution >= 0.6 is 11.8 Å². The summed E-state index contributed by atoms with van der Waals surface area (Å²) in [5.41, 5.74) is 5.25. The van der Waals surface area contributed by atoms with Crippen LogP contribution in [0.4, 0.5) is 10.5 Å². The number of carbonyl (C=O) groups excluding carboxylic acids is 2. The summed E-state index contributed by atoms with van der Waals surface area (Å²) in [6.07, 6.45) is 0. The van der Waals surface area contributed by atoms with Gasteiger partial charge in [-0.2, -0.15) is 0 Å². The van der Waals surface area contributed by atoms with Crippen molar-refractivity contribution in [3.63, 3.8) is 0 Å². The van der Waals surface area contributed by atoms with Gasteiger partial charge in [-0.15, -0.1) is 0 Å². The molecule has 2 amide bonds. The fourth-order valence-electron chi connectivity index (χ4n) is 1.07. The van der Waals surface area contributed by atoms with Gasteiger partial charge >= 0.3 is 110 Å². The normalized spacial score (nSPS) is 11.0. The number of anilines is 1. The Morgan fingerprint density at radius 2 is 1.83 bits per heavy atom. The summed E-state index contributed by atoms with van der Waals surface area (Å²) in [6, 6.07) is 5.25. The van der Waals surface area contributed by atoms with Crippen LogP contribution in [-0.2, 0) is 8.53 Å². The maximum absolute atomic E-state index is 11.3. The van der Waals surface area contributed by atoms with E-state index in [1.807, 2.05) is 0 Å². The van der Waals surface area contributed by atoms with Crippen LogP contribution < -0.4 is 15.4 Å². The van der Waals surface area contributed by atoms with E-state index in [1.54, 1.807) is 0 Å². The Morgan fingerprint density at radius 1 is 1.28 bits per heavy atom. The molecule has 0 spiro atoms. The van der Waals surface area contributed by atoms with E-state index in [9.17, 15) is 13.3 Å². The van der Waals surface area contributed by atoms with Crippen molar-refractivity contribution in [2.75, 3.05) is 11.1 Å². The van der Waals surface area contributed by atoms with Crippen LogP contribution in [0.1, 0.15) is 0 Å². The summed E-state index contributed by atoms with van der Waals surface area (Å²) in [7, 11) is 0. The van der Waals surface area contributed by atoms with Gasteiger partial charge in [-0.25, -0.2) is 0 Å². The van der Waals surface area contributed by atoms with Gasteiger partial charge in [0.15, 0.2) is 0 Å². The van der Waals surface area contributed by atoms with E-state index in [0.29, 0.717) is 17.4 Å². The Labute approximate surface area is 110 Å². The van der Waals surface area contributed by atoms with Crippen LogP contribution in [-0.4, -0.2) is 39.3 Å². The van der Waals surface area contributed by atoms with Crippen LogP contribution in [0.3, 0.4) is 0 Å². The summed E-state index contributed by atoms with van der Waals surface area (Å²) in [5, 5.41) is 1.81. The van der Waals surface area contributed by atoms with Crippen LogP contribution in [0.15, 0.2) is 24.3 Å². The molecule has 0 heterocycles. The first-order chi connectivity index (χ1) is 8.29. The van der Waals surface area contributed by atoms with Crippen molar-refractivity contribution in [1.29, 1.82) is 0 Å². The predicted molar refractivity (Wildman–Crippen MR) is 67.6 cm³/mol. The van der Waals surface area contributed by atoms with E-state index in [1.165, 1.54) is 24.3 Å². The zero-order valence-electron chi connectivity index (χ0n) is 9.07. The Hall–Kier alpha value is -1.21. The van der Waals surface area contributed by atoms with E-state index in [0.717, 1.165) is 0 Å². The van der Waals surface area contributed by atoms with Crippen molar-refractivity contribution < 1.29 is 21.5 Å². The number of hydrogen-bond donors (Lipinski definition) is 4. The molecule has 98 valence electrons. The second kappa shape index (κ2) is 6.10. The number of amides is 2. The predicted octanol–water partition coefficient (Wildman–Crippen LogP) is -1.00. The molecule has 7 nitrogen and oxygen atoms in total. The third kappa shape index (κ3) is 4.97. The molecule has 1 rings (SSSR count). The number of hydrogen-bond acceptors (Lipinski definition) is 4. The van der Waals surface area contributed by atoms with E-state index in [-0.39, 0.29) is 10.1 Å². The Morgan fingerprint density at radius 3 is 2.28 bits per heavy atom. The Bertz CT molecular complexity index is 498. The zero-order chi connectivity index (χ0) is 13.8. The molecular weight excluding hydrogens is 323 g/mol. The number of nitrogens with two attached hydrogens (primary N) is 1. The SMILES string of the molecule is NC(=O)SCC(=O)Nc1ccc([As](=O)(O)O)cc1. The third-order valence-corrected chi connectivity index (χ3v) is 4.56. The van der Waals surface area contributed by atoms with Gasteiger partial charge in [0.1, 0.15) is 0 Å². The van der Waals surface area contributed by atoms with Gasteiger partial charge in [0, 0.05) is 0 Å². The van der Waals surface area contributed by atoms with E-state index in [4.69, 9.17) is 13.9 Å². The van der Waals surface area contributed by atoms with Crippen molar-refractivity contribution in [1.82, 2.24) is 0 Å². The molecule has 0 aromatic heterocycles. The van der Waals surface area contributed by atoms with Crippen LogP contribution in [0.2, 0.25) is 0 Å². The van der Waals surface area contributed by atoms with Crippen LogP contribution in [0.5, 0.6) is 0 Å². The first-order valence-electron chi connectivity index (χ1n) is 4.67. The molecular formula is C9H11AsN2O5S. The molecule has 0 bridgehead atoms. The minimum atomic E-state index is -4.88. The molecule has 0 atom stereocenters. The molecule has 5 N–H and O–H groups in total. The number of nitrogens with one attached hydrogen (secondary N) is 1. The molecule has 0 unspecified atom stereocenters. The summed E-state index contributed by atoms with van der Waals surface area (Å²) < 4.78 is 28.8. The topological polar surface area (TPSA) is 130 Å². The number of carbonyl (C=O) groups is 2. The summed E-state index contributed by atoms with van der Waals surface area (Å²) in [4.78, 5) is 21.7. The molecule has 1 aromatic rings. The fourth-order valence-corrected chi connectivity index (χ4v) is 2.55. The number of thioether (sulfide) groups is 1. The second-order valence-corrected chi connectivity index (χ2v) is 7.59. The van der Waals surface area contributed by atoms with Gasteiger partial charge in [-0.1, -0.05) is 0 Å². The molecule has 0 aliphatic carbocycles. The molecule has 0 saturated carbocycles. The Balaban J connectivity index is 2.61. The van der Waals surface area contributed by atoms with E-state index < -0.39 is 25.3 Å². The van der Waals surface area contributed by atoms with Crippen molar-refractivity contribution in [3.8, 4) is 0 Å². The molecule has 0 radical (unpaired) electrons. The number of rotatable bonds is 4. The third-order valence-electron chi connectivity index (χ3n) is 1.83. The van der Waals surface area contributed by atoms with Gasteiger partial charge in [-0.3, -0.25) is 0 Å². The minimum absolute atomic E-state index is 0.0716. The van der Waals surface area contributed by atoms with Crippen molar-refractivity contribution in [3.05, 3.63) is 24.3 Å². The standard InChI is InChI=1S/C9H11AsN2O5S/c11-9(14)18-5-8(13)12-7-3-1-6(2-4-7)10(15,16)17/h1-4H,5H2,(H2,11,14)(H,12,13)(H2,15,16,17). The average Bonchev–Trinajstić information content (AvgIpc) is 2.26. The van der Waals surface area contributed by atoms with Gasteiger partial charge < -0.3 is 0 Å². The second-order valence-electron chi connectivity index (χ2n) is 3.25. The molecule has 0 aliphatic rings. The van der Waals surface area contributed by atoms with Gasteiger partial charge in [0.2, 0.25) is 0 Å². The van der Waals surface area contributed by atoms with Gasteiger partial charge in [-0.05, 0) is 0 Å². The van der Waals surface area contributed by atoms with Crippen molar-refractivity contribution in [2.24, 2.45) is 5.73 Å². The van der Waals surface area contributed by atoms with Crippen molar-refractivity contribution in [2.45, 2.75) is 0 Å². The number of benzene rings is 1. The van der Waals surface area contributed by atoms with Crippen LogP contribution in [0.25, 0.3) is 0 Å².